The first-order valence-corrected chi connectivity index (χ1v) is 8.64. The second-order valence-corrected chi connectivity index (χ2v) is 5.96. The van der Waals surface area contributed by atoms with Crippen LogP contribution in [0.5, 0.6) is 5.75 Å². The lowest BCUT2D eigenvalue weighted by atomic mass is 10.1. The number of hydrogen-bond donors (Lipinski definition) is 2. The van der Waals surface area contributed by atoms with Crippen molar-refractivity contribution in [3.8, 4) is 5.75 Å². The predicted octanol–water partition coefficient (Wildman–Crippen LogP) is 1.04. The van der Waals surface area contributed by atoms with Gasteiger partial charge < -0.3 is 15.2 Å². The number of nitrogens with one attached hydrogen (secondary N) is 1. The summed E-state index contributed by atoms with van der Waals surface area (Å²) in [7, 11) is 1.55. The van der Waals surface area contributed by atoms with Crippen LogP contribution in [0.3, 0.4) is 0 Å². The van der Waals surface area contributed by atoms with Gasteiger partial charge in [0.15, 0.2) is 5.69 Å². The Kier molecular flexibility index (Phi) is 6.16. The molecular weight excluding hydrogens is 348 g/mol. The van der Waals surface area contributed by atoms with E-state index in [1.807, 2.05) is 29.1 Å². The minimum atomic E-state index is -0.826. The fourth-order valence-corrected chi connectivity index (χ4v) is 2.68. The van der Waals surface area contributed by atoms with Crippen LogP contribution in [0, 0.1) is 0 Å². The molecule has 3 rings (SSSR count). The van der Waals surface area contributed by atoms with Crippen molar-refractivity contribution in [2.24, 2.45) is 0 Å². The highest BCUT2D eigenvalue weighted by molar-refractivity contribution is 5.91. The number of aromatic nitrogens is 5. The summed E-state index contributed by atoms with van der Waals surface area (Å²) in [5.41, 5.74) is 0.862. The first-order chi connectivity index (χ1) is 13.2. The quantitative estimate of drug-likeness (QED) is 0.545. The first-order valence-electron chi connectivity index (χ1n) is 8.64. The van der Waals surface area contributed by atoms with E-state index in [0.717, 1.165) is 13.0 Å². The zero-order valence-electron chi connectivity index (χ0n) is 15.0. The summed E-state index contributed by atoms with van der Waals surface area (Å²) < 4.78 is 8.50. The molecule has 2 aromatic heterocycles. The molecule has 1 atom stereocenters. The largest absolute Gasteiger partial charge is 0.496 e. The Bertz CT molecular complexity index is 862. The monoisotopic (exact) mass is 370 g/mol. The SMILES string of the molecule is COc1ccccc1[C@@H](O)Cn1cc(C(=O)NCCCn2cccn2)nn1. The van der Waals surface area contributed by atoms with Crippen LogP contribution in [-0.2, 0) is 13.1 Å². The van der Waals surface area contributed by atoms with Crippen LogP contribution < -0.4 is 10.1 Å². The number of aliphatic hydroxyl groups excluding tert-OH is 1. The van der Waals surface area contributed by atoms with Gasteiger partial charge in [-0.05, 0) is 18.6 Å². The average molecular weight is 370 g/mol. The molecule has 9 heteroatoms. The molecule has 1 amide bonds. The van der Waals surface area contributed by atoms with Crippen LogP contribution in [0.1, 0.15) is 28.6 Å². The molecule has 0 aliphatic carbocycles. The van der Waals surface area contributed by atoms with Gasteiger partial charge in [0.2, 0.25) is 0 Å². The van der Waals surface area contributed by atoms with Crippen LogP contribution in [-0.4, -0.2) is 49.4 Å². The third-order valence-electron chi connectivity index (χ3n) is 4.04. The van der Waals surface area contributed by atoms with E-state index in [-0.39, 0.29) is 18.1 Å². The van der Waals surface area contributed by atoms with Gasteiger partial charge in [-0.15, -0.1) is 5.10 Å². The number of amides is 1. The van der Waals surface area contributed by atoms with Gasteiger partial charge in [-0.3, -0.25) is 9.48 Å². The Morgan fingerprint density at radius 3 is 2.93 bits per heavy atom. The van der Waals surface area contributed by atoms with Crippen molar-refractivity contribution in [2.45, 2.75) is 25.6 Å². The average Bonchev–Trinajstić information content (AvgIpc) is 3.37. The van der Waals surface area contributed by atoms with Gasteiger partial charge in [0, 0.05) is 31.0 Å². The number of hydrogen-bond acceptors (Lipinski definition) is 6. The fourth-order valence-electron chi connectivity index (χ4n) is 2.68. The Hall–Kier alpha value is -3.20. The Labute approximate surface area is 156 Å². The van der Waals surface area contributed by atoms with Crippen molar-refractivity contribution < 1.29 is 14.6 Å². The lowest BCUT2D eigenvalue weighted by Crippen LogP contribution is -2.25. The van der Waals surface area contributed by atoms with Crippen molar-refractivity contribution >= 4 is 5.91 Å². The van der Waals surface area contributed by atoms with Crippen molar-refractivity contribution in [3.63, 3.8) is 0 Å². The summed E-state index contributed by atoms with van der Waals surface area (Å²) in [5, 5.41) is 25.1. The summed E-state index contributed by atoms with van der Waals surface area (Å²) in [4.78, 5) is 12.1. The smallest absolute Gasteiger partial charge is 0.273 e. The minimum Gasteiger partial charge on any atom is -0.496 e. The molecule has 2 heterocycles. The molecule has 3 aromatic rings. The molecule has 0 radical (unpaired) electrons. The van der Waals surface area contributed by atoms with E-state index >= 15 is 0 Å². The highest BCUT2D eigenvalue weighted by atomic mass is 16.5. The highest BCUT2D eigenvalue weighted by Gasteiger charge is 2.16. The first kappa shape index (κ1) is 18.6. The molecule has 9 nitrogen and oxygen atoms in total. The lowest BCUT2D eigenvalue weighted by Gasteiger charge is -2.14. The number of methoxy groups -OCH3 is 1. The van der Waals surface area contributed by atoms with Gasteiger partial charge in [-0.2, -0.15) is 5.10 Å². The number of para-hydroxylation sites is 1. The minimum absolute atomic E-state index is 0.167. The molecule has 0 unspecified atom stereocenters. The topological polar surface area (TPSA) is 107 Å². The maximum atomic E-state index is 12.1. The molecular formula is C18H22N6O3. The number of benzene rings is 1. The molecule has 0 aliphatic rings. The van der Waals surface area contributed by atoms with Gasteiger partial charge >= 0.3 is 0 Å². The van der Waals surface area contributed by atoms with E-state index in [1.54, 1.807) is 25.4 Å². The zero-order chi connectivity index (χ0) is 19.1. The summed E-state index contributed by atoms with van der Waals surface area (Å²) in [6.45, 7) is 1.40. The number of aliphatic hydroxyl groups is 1. The number of aryl methyl sites for hydroxylation is 1. The zero-order valence-corrected chi connectivity index (χ0v) is 15.0. The molecule has 0 bridgehead atoms. The van der Waals surface area contributed by atoms with E-state index in [2.05, 4.69) is 20.7 Å². The third-order valence-corrected chi connectivity index (χ3v) is 4.04. The molecule has 0 fully saturated rings. The number of ether oxygens (including phenoxy) is 1. The van der Waals surface area contributed by atoms with Gasteiger partial charge in [0.25, 0.3) is 5.91 Å². The van der Waals surface area contributed by atoms with Crippen LogP contribution in [0.25, 0.3) is 0 Å². The van der Waals surface area contributed by atoms with Gasteiger partial charge in [-0.25, -0.2) is 4.68 Å². The Morgan fingerprint density at radius 1 is 1.30 bits per heavy atom. The van der Waals surface area contributed by atoms with Gasteiger partial charge in [0.1, 0.15) is 11.9 Å². The molecule has 0 aliphatic heterocycles. The fraction of sp³-hybridized carbons (Fsp3) is 0.333. The van der Waals surface area contributed by atoms with Crippen molar-refractivity contribution in [2.75, 3.05) is 13.7 Å². The number of nitrogens with zero attached hydrogens (tertiary/aromatic N) is 5. The summed E-state index contributed by atoms with van der Waals surface area (Å²) in [5.74, 6) is 0.300. The summed E-state index contributed by atoms with van der Waals surface area (Å²) in [6.07, 6.45) is 5.04. The highest BCUT2D eigenvalue weighted by Crippen LogP contribution is 2.25. The van der Waals surface area contributed by atoms with E-state index in [0.29, 0.717) is 17.9 Å². The van der Waals surface area contributed by atoms with E-state index < -0.39 is 6.10 Å². The third kappa shape index (κ3) is 4.91. The molecule has 0 saturated carbocycles. The van der Waals surface area contributed by atoms with Crippen LogP contribution in [0.2, 0.25) is 0 Å². The standard InChI is InChI=1S/C18H22N6O3/c1-27-17-7-3-2-6-14(17)16(25)13-24-12-15(21-22-24)18(26)19-8-4-10-23-11-5-9-20-23/h2-3,5-7,9,11-12,16,25H,4,8,10,13H2,1H3,(H,19,26)/t16-/m0/s1. The van der Waals surface area contributed by atoms with Gasteiger partial charge in [0.05, 0.1) is 19.9 Å². The summed E-state index contributed by atoms with van der Waals surface area (Å²) in [6, 6.07) is 9.08. The molecule has 0 spiro atoms. The molecule has 0 saturated heterocycles. The maximum absolute atomic E-state index is 12.1. The summed E-state index contributed by atoms with van der Waals surface area (Å²) >= 11 is 0. The number of carbonyl (C=O) groups excluding carboxylic acids is 1. The van der Waals surface area contributed by atoms with Crippen molar-refractivity contribution in [1.82, 2.24) is 30.1 Å². The normalized spacial score (nSPS) is 11.9. The molecule has 1 aromatic carbocycles. The van der Waals surface area contributed by atoms with Crippen LogP contribution >= 0.6 is 0 Å². The van der Waals surface area contributed by atoms with E-state index in [4.69, 9.17) is 4.74 Å². The molecule has 142 valence electrons. The maximum Gasteiger partial charge on any atom is 0.273 e. The lowest BCUT2D eigenvalue weighted by molar-refractivity contribution is 0.0947. The molecule has 2 N–H and O–H groups in total. The van der Waals surface area contributed by atoms with Gasteiger partial charge in [-0.1, -0.05) is 23.4 Å². The Balaban J connectivity index is 1.50. The number of carbonyl (C=O) groups is 1. The Morgan fingerprint density at radius 2 is 2.15 bits per heavy atom. The van der Waals surface area contributed by atoms with Crippen molar-refractivity contribution in [1.29, 1.82) is 0 Å². The van der Waals surface area contributed by atoms with E-state index in [1.165, 1.54) is 10.9 Å². The van der Waals surface area contributed by atoms with E-state index in [9.17, 15) is 9.90 Å². The van der Waals surface area contributed by atoms with Crippen molar-refractivity contribution in [3.05, 3.63) is 60.2 Å². The van der Waals surface area contributed by atoms with Crippen LogP contribution in [0.15, 0.2) is 48.9 Å². The number of rotatable bonds is 9. The second-order valence-electron chi connectivity index (χ2n) is 5.96. The molecule has 27 heavy (non-hydrogen) atoms. The van der Waals surface area contributed by atoms with Crippen LogP contribution in [0.4, 0.5) is 0 Å². The second kappa shape index (κ2) is 8.95. The predicted molar refractivity (Wildman–Crippen MR) is 97.2 cm³/mol.